The Morgan fingerprint density at radius 2 is 2.05 bits per heavy atom. The predicted octanol–water partition coefficient (Wildman–Crippen LogP) is 0.360. The number of carbonyl (C=O) groups is 1. The topological polar surface area (TPSA) is 147 Å². The van der Waals surface area contributed by atoms with Crippen molar-refractivity contribution in [3.63, 3.8) is 0 Å². The highest BCUT2D eigenvalue weighted by Gasteiger charge is 2.30. The number of aliphatic hydroxyl groups is 1. The molecule has 116 valence electrons. The summed E-state index contributed by atoms with van der Waals surface area (Å²) in [6.07, 6.45) is -1.50. The molecule has 0 aliphatic rings. The smallest absolute Gasteiger partial charge is 0.324 e. The zero-order chi connectivity index (χ0) is 16.4. The standard InChI is InChI=1S/C10H11ClN2O7S/c1-5(14)9(10(15)16)12-21(19,20)6-2-3-7(11)8(4-6)13(17)18/h2-5,9,12,14H,1H3,(H,15,16). The fraction of sp³-hybridized carbons (Fsp3) is 0.300. The Morgan fingerprint density at radius 3 is 2.48 bits per heavy atom. The van der Waals surface area contributed by atoms with Gasteiger partial charge in [0.15, 0.2) is 0 Å². The number of aliphatic carboxylic acids is 1. The molecule has 0 bridgehead atoms. The quantitative estimate of drug-likeness (QED) is 0.501. The van der Waals surface area contributed by atoms with Gasteiger partial charge in [-0.05, 0) is 19.1 Å². The first-order chi connectivity index (χ1) is 9.56. The number of nitrogens with one attached hydrogen (secondary N) is 1. The van der Waals surface area contributed by atoms with E-state index in [1.807, 2.05) is 0 Å². The van der Waals surface area contributed by atoms with E-state index in [1.54, 1.807) is 4.72 Å². The largest absolute Gasteiger partial charge is 0.480 e. The van der Waals surface area contributed by atoms with Gasteiger partial charge < -0.3 is 10.2 Å². The lowest BCUT2D eigenvalue weighted by Gasteiger charge is -2.17. The number of sulfonamides is 1. The maximum atomic E-state index is 12.0. The summed E-state index contributed by atoms with van der Waals surface area (Å²) in [6.45, 7) is 1.09. The molecule has 0 aliphatic heterocycles. The molecule has 0 heterocycles. The number of nitro benzene ring substituents is 1. The first kappa shape index (κ1) is 17.3. The molecule has 2 atom stereocenters. The van der Waals surface area contributed by atoms with E-state index in [9.17, 15) is 28.4 Å². The number of nitro groups is 1. The summed E-state index contributed by atoms with van der Waals surface area (Å²) in [4.78, 5) is 20.2. The van der Waals surface area contributed by atoms with Gasteiger partial charge in [-0.15, -0.1) is 0 Å². The van der Waals surface area contributed by atoms with Gasteiger partial charge in [-0.2, -0.15) is 4.72 Å². The van der Waals surface area contributed by atoms with Crippen LogP contribution in [0.5, 0.6) is 0 Å². The molecule has 3 N–H and O–H groups in total. The van der Waals surface area contributed by atoms with Crippen LogP contribution in [0.15, 0.2) is 23.1 Å². The molecule has 0 radical (unpaired) electrons. The predicted molar refractivity (Wildman–Crippen MR) is 71.5 cm³/mol. The molecule has 1 rings (SSSR count). The SMILES string of the molecule is CC(O)C(NS(=O)(=O)c1ccc(Cl)c([N+](=O)[O-])c1)C(=O)O. The van der Waals surface area contributed by atoms with Crippen LogP contribution in [-0.2, 0) is 14.8 Å². The number of halogens is 1. The van der Waals surface area contributed by atoms with Gasteiger partial charge in [0.25, 0.3) is 5.69 Å². The Balaban J connectivity index is 3.22. The summed E-state index contributed by atoms with van der Waals surface area (Å²) < 4.78 is 25.7. The molecule has 1 aromatic carbocycles. The van der Waals surface area contributed by atoms with Gasteiger partial charge in [-0.1, -0.05) is 11.6 Å². The molecule has 1 aromatic rings. The second-order valence-electron chi connectivity index (χ2n) is 4.05. The minimum Gasteiger partial charge on any atom is -0.480 e. The van der Waals surface area contributed by atoms with Gasteiger partial charge in [0.05, 0.1) is 15.9 Å². The van der Waals surface area contributed by atoms with E-state index < -0.39 is 43.6 Å². The number of benzene rings is 1. The number of hydrogen-bond donors (Lipinski definition) is 3. The van der Waals surface area contributed by atoms with Crippen LogP contribution < -0.4 is 4.72 Å². The van der Waals surface area contributed by atoms with E-state index in [4.69, 9.17) is 16.7 Å². The van der Waals surface area contributed by atoms with Crippen LogP contribution in [0, 0.1) is 10.1 Å². The zero-order valence-corrected chi connectivity index (χ0v) is 12.1. The second-order valence-corrected chi connectivity index (χ2v) is 6.17. The molecule has 0 saturated heterocycles. The summed E-state index contributed by atoms with van der Waals surface area (Å²) in [7, 11) is -4.38. The van der Waals surface area contributed by atoms with E-state index in [1.165, 1.54) is 0 Å². The van der Waals surface area contributed by atoms with Crippen molar-refractivity contribution in [3.8, 4) is 0 Å². The first-order valence-electron chi connectivity index (χ1n) is 5.43. The number of aliphatic hydroxyl groups excluding tert-OH is 1. The van der Waals surface area contributed by atoms with Crippen molar-refractivity contribution in [1.29, 1.82) is 0 Å². The third-order valence-electron chi connectivity index (χ3n) is 2.46. The van der Waals surface area contributed by atoms with Crippen LogP contribution in [0.4, 0.5) is 5.69 Å². The molecule has 2 unspecified atom stereocenters. The Morgan fingerprint density at radius 1 is 1.48 bits per heavy atom. The van der Waals surface area contributed by atoms with Crippen molar-refractivity contribution < 1.29 is 28.3 Å². The molecule has 0 fully saturated rings. The number of carboxylic acid groups (broad SMARTS) is 1. The maximum absolute atomic E-state index is 12.0. The fourth-order valence-corrected chi connectivity index (χ4v) is 2.86. The number of carboxylic acids is 1. The minimum atomic E-state index is -4.38. The maximum Gasteiger partial charge on any atom is 0.324 e. The summed E-state index contributed by atoms with van der Waals surface area (Å²) in [5, 5.41) is 28.5. The van der Waals surface area contributed by atoms with Crippen LogP contribution >= 0.6 is 11.6 Å². The van der Waals surface area contributed by atoms with Crippen molar-refractivity contribution in [1.82, 2.24) is 4.72 Å². The Labute approximate surface area is 124 Å². The van der Waals surface area contributed by atoms with E-state index in [-0.39, 0.29) is 5.02 Å². The summed E-state index contributed by atoms with van der Waals surface area (Å²) in [5.74, 6) is -1.59. The third-order valence-corrected chi connectivity index (χ3v) is 4.21. The molecular weight excluding hydrogens is 328 g/mol. The van der Waals surface area contributed by atoms with Crippen molar-refractivity contribution in [2.45, 2.75) is 24.0 Å². The normalized spacial score (nSPS) is 14.4. The Hall–Kier alpha value is -1.75. The van der Waals surface area contributed by atoms with Gasteiger partial charge in [0.2, 0.25) is 10.0 Å². The van der Waals surface area contributed by atoms with Crippen LogP contribution in [-0.4, -0.2) is 41.7 Å². The number of rotatable bonds is 6. The molecule has 0 aliphatic carbocycles. The third kappa shape index (κ3) is 4.11. The molecule has 0 saturated carbocycles. The monoisotopic (exact) mass is 338 g/mol. The highest BCUT2D eigenvalue weighted by Crippen LogP contribution is 2.27. The lowest BCUT2D eigenvalue weighted by atomic mass is 10.2. The Bertz CT molecular complexity index is 674. The summed E-state index contributed by atoms with van der Waals surface area (Å²) in [6, 6.07) is 0.904. The fourth-order valence-electron chi connectivity index (χ4n) is 1.39. The molecular formula is C10H11ClN2O7S. The lowest BCUT2D eigenvalue weighted by molar-refractivity contribution is -0.384. The summed E-state index contributed by atoms with van der Waals surface area (Å²) in [5.41, 5.74) is -0.636. The van der Waals surface area contributed by atoms with Crippen molar-refractivity contribution >= 4 is 33.3 Å². The van der Waals surface area contributed by atoms with Gasteiger partial charge in [-0.3, -0.25) is 14.9 Å². The number of hydrogen-bond acceptors (Lipinski definition) is 6. The molecule has 9 nitrogen and oxygen atoms in total. The minimum absolute atomic E-state index is 0.260. The average molecular weight is 339 g/mol. The highest BCUT2D eigenvalue weighted by molar-refractivity contribution is 7.89. The number of nitrogens with zero attached hydrogens (tertiary/aromatic N) is 1. The van der Waals surface area contributed by atoms with Crippen LogP contribution in [0.3, 0.4) is 0 Å². The van der Waals surface area contributed by atoms with Crippen molar-refractivity contribution in [2.75, 3.05) is 0 Å². The van der Waals surface area contributed by atoms with Gasteiger partial charge >= 0.3 is 5.97 Å². The van der Waals surface area contributed by atoms with Crippen molar-refractivity contribution in [2.24, 2.45) is 0 Å². The van der Waals surface area contributed by atoms with Gasteiger partial charge in [0.1, 0.15) is 11.1 Å². The van der Waals surface area contributed by atoms with E-state index in [2.05, 4.69) is 0 Å². The van der Waals surface area contributed by atoms with E-state index in [0.29, 0.717) is 6.07 Å². The highest BCUT2D eigenvalue weighted by atomic mass is 35.5. The van der Waals surface area contributed by atoms with E-state index in [0.717, 1.165) is 19.1 Å². The molecule has 0 aromatic heterocycles. The van der Waals surface area contributed by atoms with Crippen LogP contribution in [0.1, 0.15) is 6.92 Å². The van der Waals surface area contributed by atoms with Gasteiger partial charge in [0, 0.05) is 6.07 Å². The van der Waals surface area contributed by atoms with Gasteiger partial charge in [-0.25, -0.2) is 8.42 Å². The zero-order valence-electron chi connectivity index (χ0n) is 10.6. The molecule has 21 heavy (non-hydrogen) atoms. The molecule has 0 amide bonds. The van der Waals surface area contributed by atoms with Crippen molar-refractivity contribution in [3.05, 3.63) is 33.3 Å². The van der Waals surface area contributed by atoms with Crippen LogP contribution in [0.2, 0.25) is 5.02 Å². The second kappa shape index (κ2) is 6.35. The van der Waals surface area contributed by atoms with Crippen LogP contribution in [0.25, 0.3) is 0 Å². The Kier molecular flexibility index (Phi) is 5.23. The average Bonchev–Trinajstić information content (AvgIpc) is 2.35. The first-order valence-corrected chi connectivity index (χ1v) is 7.29. The molecule has 11 heteroatoms. The summed E-state index contributed by atoms with van der Waals surface area (Å²) >= 11 is 5.56. The lowest BCUT2D eigenvalue weighted by Crippen LogP contribution is -2.47. The van der Waals surface area contributed by atoms with E-state index >= 15 is 0 Å². The molecule has 0 spiro atoms.